The van der Waals surface area contributed by atoms with Crippen molar-refractivity contribution in [3.63, 3.8) is 0 Å². The minimum atomic E-state index is -0.282. The fraction of sp³-hybridized carbons (Fsp3) is 0.593. The number of benzene rings is 1. The molecule has 4 heteroatoms. The van der Waals surface area contributed by atoms with Crippen LogP contribution < -0.4 is 5.32 Å². The van der Waals surface area contributed by atoms with Crippen molar-refractivity contribution in [1.82, 2.24) is 5.32 Å². The number of aliphatic hydroxyl groups excluding tert-OH is 1. The van der Waals surface area contributed by atoms with Crippen molar-refractivity contribution in [2.24, 2.45) is 0 Å². The van der Waals surface area contributed by atoms with Crippen molar-refractivity contribution in [3.05, 3.63) is 54.1 Å². The number of carbonyl (C=O) groups is 1. The van der Waals surface area contributed by atoms with Gasteiger partial charge in [0, 0.05) is 6.42 Å². The van der Waals surface area contributed by atoms with Crippen LogP contribution in [0.3, 0.4) is 0 Å². The Morgan fingerprint density at radius 3 is 2.16 bits per heavy atom. The molecule has 4 nitrogen and oxygen atoms in total. The summed E-state index contributed by atoms with van der Waals surface area (Å²) in [5.74, 6) is 0.221. The lowest BCUT2D eigenvalue weighted by Gasteiger charge is -2.16. The van der Waals surface area contributed by atoms with Crippen LogP contribution in [0.15, 0.2) is 48.6 Å². The summed E-state index contributed by atoms with van der Waals surface area (Å²) in [5, 5.41) is 21.8. The zero-order valence-electron chi connectivity index (χ0n) is 19.4. The molecule has 0 bridgehead atoms. The van der Waals surface area contributed by atoms with E-state index in [2.05, 4.69) is 36.5 Å². The molecule has 1 aromatic carbocycles. The van der Waals surface area contributed by atoms with Crippen LogP contribution in [-0.2, 0) is 11.2 Å². The molecule has 1 atom stereocenters. The molecule has 31 heavy (non-hydrogen) atoms. The lowest BCUT2D eigenvalue weighted by atomic mass is 10.1. The van der Waals surface area contributed by atoms with Gasteiger partial charge in [0.05, 0.1) is 12.6 Å². The van der Waals surface area contributed by atoms with Gasteiger partial charge >= 0.3 is 0 Å². The standard InChI is InChI=1S/C27H43NO3/c1-2-3-4-5-6-7-8-9-10-11-12-13-14-15-16-17-27(31)28-25(23-29)22-24-18-20-26(30)21-19-24/h6-7,9-10,18-21,25,29-30H,2-5,8,11-17,22-23H2,1H3,(H,28,31)/b7-6+,10-9+/t25-/m0/s1. The van der Waals surface area contributed by atoms with E-state index in [9.17, 15) is 15.0 Å². The minimum absolute atomic E-state index is 0.00325. The molecule has 0 radical (unpaired) electrons. The Morgan fingerprint density at radius 2 is 1.52 bits per heavy atom. The molecule has 0 fully saturated rings. The normalized spacial score (nSPS) is 12.6. The van der Waals surface area contributed by atoms with Crippen LogP contribution in [0.4, 0.5) is 0 Å². The Kier molecular flexibility index (Phi) is 16.2. The fourth-order valence-electron chi connectivity index (χ4n) is 3.47. The number of aliphatic hydroxyl groups is 1. The number of nitrogens with one attached hydrogen (secondary N) is 1. The van der Waals surface area contributed by atoms with Crippen molar-refractivity contribution in [2.75, 3.05) is 6.61 Å². The Bertz CT molecular complexity index is 622. The predicted molar refractivity (Wildman–Crippen MR) is 130 cm³/mol. The van der Waals surface area contributed by atoms with Gasteiger partial charge in [-0.15, -0.1) is 0 Å². The van der Waals surface area contributed by atoms with Crippen molar-refractivity contribution < 1.29 is 15.0 Å². The van der Waals surface area contributed by atoms with Crippen LogP contribution in [0.5, 0.6) is 5.75 Å². The van der Waals surface area contributed by atoms with E-state index in [0.717, 1.165) is 37.7 Å². The van der Waals surface area contributed by atoms with Gasteiger partial charge in [-0.3, -0.25) is 4.79 Å². The summed E-state index contributed by atoms with van der Waals surface area (Å²) in [6.45, 7) is 2.15. The van der Waals surface area contributed by atoms with E-state index in [1.807, 2.05) is 12.1 Å². The molecule has 1 amide bonds. The van der Waals surface area contributed by atoms with E-state index < -0.39 is 0 Å². The molecule has 0 aliphatic heterocycles. The molecule has 0 unspecified atom stereocenters. The molecule has 0 aliphatic rings. The third-order valence-corrected chi connectivity index (χ3v) is 5.36. The highest BCUT2D eigenvalue weighted by Gasteiger charge is 2.12. The smallest absolute Gasteiger partial charge is 0.220 e. The summed E-state index contributed by atoms with van der Waals surface area (Å²) in [6, 6.07) is 6.58. The molecule has 0 saturated carbocycles. The van der Waals surface area contributed by atoms with Crippen molar-refractivity contribution in [2.45, 2.75) is 96.4 Å². The summed E-state index contributed by atoms with van der Waals surface area (Å²) in [7, 11) is 0. The highest BCUT2D eigenvalue weighted by Crippen LogP contribution is 2.12. The van der Waals surface area contributed by atoms with Crippen LogP contribution >= 0.6 is 0 Å². The average Bonchev–Trinajstić information content (AvgIpc) is 2.77. The average molecular weight is 430 g/mol. The molecular weight excluding hydrogens is 386 g/mol. The maximum atomic E-state index is 12.1. The Morgan fingerprint density at radius 1 is 0.903 bits per heavy atom. The molecule has 1 aromatic rings. The zero-order chi connectivity index (χ0) is 22.6. The number of carbonyl (C=O) groups excluding carboxylic acids is 1. The maximum absolute atomic E-state index is 12.1. The van der Waals surface area contributed by atoms with E-state index in [-0.39, 0.29) is 24.3 Å². The van der Waals surface area contributed by atoms with Crippen molar-refractivity contribution in [1.29, 1.82) is 0 Å². The minimum Gasteiger partial charge on any atom is -0.508 e. The van der Waals surface area contributed by atoms with Crippen LogP contribution in [0, 0.1) is 0 Å². The van der Waals surface area contributed by atoms with Gasteiger partial charge < -0.3 is 15.5 Å². The number of hydrogen-bond donors (Lipinski definition) is 3. The Balaban J connectivity index is 2.00. The molecule has 1 rings (SSSR count). The number of unbranched alkanes of at least 4 members (excludes halogenated alkanes) is 8. The van der Waals surface area contributed by atoms with E-state index >= 15 is 0 Å². The van der Waals surface area contributed by atoms with Gasteiger partial charge in [-0.2, -0.15) is 0 Å². The third kappa shape index (κ3) is 15.4. The Hall–Kier alpha value is -2.07. The van der Waals surface area contributed by atoms with Gasteiger partial charge in [0.15, 0.2) is 0 Å². The first kappa shape index (κ1) is 27.0. The topological polar surface area (TPSA) is 69.6 Å². The van der Waals surface area contributed by atoms with Gasteiger partial charge in [-0.05, 0) is 62.6 Å². The first-order chi connectivity index (χ1) is 15.2. The maximum Gasteiger partial charge on any atom is 0.220 e. The second kappa shape index (κ2) is 18.7. The fourth-order valence-corrected chi connectivity index (χ4v) is 3.47. The summed E-state index contributed by atoms with van der Waals surface area (Å²) >= 11 is 0. The second-order valence-electron chi connectivity index (χ2n) is 8.30. The number of phenolic OH excluding ortho intramolecular Hbond substituents is 1. The predicted octanol–water partition coefficient (Wildman–Crippen LogP) is 6.23. The monoisotopic (exact) mass is 429 g/mol. The van der Waals surface area contributed by atoms with Crippen LogP contribution in [0.2, 0.25) is 0 Å². The van der Waals surface area contributed by atoms with Crippen LogP contribution in [0.25, 0.3) is 0 Å². The Labute approximate surface area is 189 Å². The number of rotatable bonds is 18. The SMILES string of the molecule is CCCCC/C=C/C/C=C/CCCCCCCC(=O)N[C@H](CO)Cc1ccc(O)cc1. The lowest BCUT2D eigenvalue weighted by molar-refractivity contribution is -0.122. The van der Waals surface area contributed by atoms with E-state index in [1.165, 1.54) is 38.5 Å². The van der Waals surface area contributed by atoms with Crippen molar-refractivity contribution in [3.8, 4) is 5.75 Å². The van der Waals surface area contributed by atoms with Gasteiger partial charge in [0.2, 0.25) is 5.91 Å². The molecule has 0 aliphatic carbocycles. The zero-order valence-corrected chi connectivity index (χ0v) is 19.4. The highest BCUT2D eigenvalue weighted by atomic mass is 16.3. The lowest BCUT2D eigenvalue weighted by Crippen LogP contribution is -2.38. The first-order valence-corrected chi connectivity index (χ1v) is 12.1. The highest BCUT2D eigenvalue weighted by molar-refractivity contribution is 5.76. The number of allylic oxidation sites excluding steroid dienone is 4. The number of hydrogen-bond acceptors (Lipinski definition) is 3. The van der Waals surface area contributed by atoms with Gasteiger partial charge in [0.25, 0.3) is 0 Å². The molecule has 0 saturated heterocycles. The molecule has 3 N–H and O–H groups in total. The summed E-state index contributed by atoms with van der Waals surface area (Å²) in [6.07, 6.45) is 23.0. The summed E-state index contributed by atoms with van der Waals surface area (Å²) in [4.78, 5) is 12.1. The molecule has 174 valence electrons. The summed E-state index contributed by atoms with van der Waals surface area (Å²) in [5.41, 5.74) is 0.981. The van der Waals surface area contributed by atoms with Crippen LogP contribution in [-0.4, -0.2) is 28.8 Å². The number of amides is 1. The van der Waals surface area contributed by atoms with Crippen LogP contribution in [0.1, 0.15) is 89.5 Å². The van der Waals surface area contributed by atoms with Gasteiger partial charge in [0.1, 0.15) is 5.75 Å². The largest absolute Gasteiger partial charge is 0.508 e. The van der Waals surface area contributed by atoms with E-state index in [0.29, 0.717) is 12.8 Å². The number of aromatic hydroxyl groups is 1. The van der Waals surface area contributed by atoms with Gasteiger partial charge in [-0.25, -0.2) is 0 Å². The third-order valence-electron chi connectivity index (χ3n) is 5.36. The first-order valence-electron chi connectivity index (χ1n) is 12.1. The quantitative estimate of drug-likeness (QED) is 0.191. The molecule has 0 spiro atoms. The molecule has 0 heterocycles. The second-order valence-corrected chi connectivity index (χ2v) is 8.30. The summed E-state index contributed by atoms with van der Waals surface area (Å²) < 4.78 is 0. The van der Waals surface area contributed by atoms with E-state index in [1.54, 1.807) is 12.1 Å². The molecule has 0 aromatic heterocycles. The number of phenols is 1. The van der Waals surface area contributed by atoms with E-state index in [4.69, 9.17) is 0 Å². The molecular formula is C27H43NO3. The van der Waals surface area contributed by atoms with Gasteiger partial charge in [-0.1, -0.05) is 75.5 Å². The van der Waals surface area contributed by atoms with Crippen molar-refractivity contribution >= 4 is 5.91 Å².